The van der Waals surface area contributed by atoms with Crippen LogP contribution in [0, 0.1) is 6.92 Å². The first kappa shape index (κ1) is 16.5. The molecule has 2 aliphatic rings. The maximum absolute atomic E-state index is 13.2. The quantitative estimate of drug-likeness (QED) is 0.835. The normalized spacial score (nSPS) is 19.4. The lowest BCUT2D eigenvalue weighted by atomic mass is 10.1. The molecule has 5 heteroatoms. The Balaban J connectivity index is 1.68. The number of hydrazone groups is 1. The first-order chi connectivity index (χ1) is 12.5. The number of rotatable bonds is 2. The topological polar surface area (TPSA) is 53.0 Å². The molecule has 0 saturated carbocycles. The molecule has 2 aliphatic heterocycles. The Morgan fingerprint density at radius 2 is 1.92 bits per heavy atom. The number of fused-ring (bicyclic) bond motifs is 1. The first-order valence-electron chi connectivity index (χ1n) is 8.93. The Labute approximate surface area is 152 Å². The van der Waals surface area contributed by atoms with Gasteiger partial charge in [-0.1, -0.05) is 30.3 Å². The highest BCUT2D eigenvalue weighted by Gasteiger charge is 2.35. The Morgan fingerprint density at radius 1 is 1.12 bits per heavy atom. The van der Waals surface area contributed by atoms with E-state index in [9.17, 15) is 9.59 Å². The van der Waals surface area contributed by atoms with Crippen LogP contribution in [0.3, 0.4) is 0 Å². The molecule has 0 radical (unpaired) electrons. The number of amides is 2. The van der Waals surface area contributed by atoms with E-state index in [1.807, 2.05) is 61.2 Å². The molecule has 26 heavy (non-hydrogen) atoms. The van der Waals surface area contributed by atoms with Gasteiger partial charge in [0.25, 0.3) is 5.91 Å². The fourth-order valence-electron chi connectivity index (χ4n) is 3.68. The molecule has 1 unspecified atom stereocenters. The molecular weight excluding hydrogens is 326 g/mol. The summed E-state index contributed by atoms with van der Waals surface area (Å²) < 4.78 is 0. The van der Waals surface area contributed by atoms with Crippen molar-refractivity contribution in [3.05, 3.63) is 59.7 Å². The van der Waals surface area contributed by atoms with Gasteiger partial charge in [0.2, 0.25) is 5.91 Å². The summed E-state index contributed by atoms with van der Waals surface area (Å²) in [5.41, 5.74) is 4.32. The Hall–Kier alpha value is -2.95. The zero-order valence-electron chi connectivity index (χ0n) is 15.0. The third kappa shape index (κ3) is 2.79. The fourth-order valence-corrected chi connectivity index (χ4v) is 3.68. The Kier molecular flexibility index (Phi) is 4.07. The van der Waals surface area contributed by atoms with Crippen molar-refractivity contribution in [2.45, 2.75) is 39.2 Å². The van der Waals surface area contributed by atoms with Crippen molar-refractivity contribution in [2.24, 2.45) is 5.10 Å². The number of benzene rings is 2. The zero-order valence-corrected chi connectivity index (χ0v) is 15.0. The molecule has 0 bridgehead atoms. The molecule has 0 N–H and O–H groups in total. The van der Waals surface area contributed by atoms with Crippen LogP contribution in [-0.2, 0) is 16.0 Å². The van der Waals surface area contributed by atoms with Crippen molar-refractivity contribution in [1.29, 1.82) is 0 Å². The van der Waals surface area contributed by atoms with Gasteiger partial charge in [0, 0.05) is 24.6 Å². The predicted molar refractivity (Wildman–Crippen MR) is 102 cm³/mol. The number of para-hydroxylation sites is 1. The van der Waals surface area contributed by atoms with E-state index in [-0.39, 0.29) is 17.9 Å². The molecule has 4 rings (SSSR count). The van der Waals surface area contributed by atoms with Gasteiger partial charge in [-0.05, 0) is 49.6 Å². The van der Waals surface area contributed by atoms with E-state index >= 15 is 0 Å². The summed E-state index contributed by atoms with van der Waals surface area (Å²) in [5.74, 6) is -0.186. The van der Waals surface area contributed by atoms with Gasteiger partial charge in [-0.15, -0.1) is 0 Å². The van der Waals surface area contributed by atoms with Crippen LogP contribution in [0.5, 0.6) is 0 Å². The third-order valence-electron chi connectivity index (χ3n) is 4.95. The minimum atomic E-state index is -0.104. The van der Waals surface area contributed by atoms with Crippen molar-refractivity contribution >= 4 is 28.9 Å². The van der Waals surface area contributed by atoms with Gasteiger partial charge < -0.3 is 4.90 Å². The molecule has 2 heterocycles. The summed E-state index contributed by atoms with van der Waals surface area (Å²) in [5, 5.41) is 5.81. The SMILES string of the molecule is Cc1cccc(N2N=C(C(=O)N3c4ccccc4CC3C)CCC2=O)c1. The summed E-state index contributed by atoms with van der Waals surface area (Å²) in [4.78, 5) is 27.4. The smallest absolute Gasteiger partial charge is 0.274 e. The number of hydrogen-bond donors (Lipinski definition) is 0. The fraction of sp³-hybridized carbons (Fsp3) is 0.286. The molecule has 2 amide bonds. The number of carbonyl (C=O) groups is 2. The third-order valence-corrected chi connectivity index (χ3v) is 4.95. The van der Waals surface area contributed by atoms with Crippen LogP contribution in [0.2, 0.25) is 0 Å². The van der Waals surface area contributed by atoms with Gasteiger partial charge in [-0.3, -0.25) is 9.59 Å². The van der Waals surface area contributed by atoms with Gasteiger partial charge in [0.15, 0.2) is 0 Å². The van der Waals surface area contributed by atoms with Crippen LogP contribution >= 0.6 is 0 Å². The number of hydrogen-bond acceptors (Lipinski definition) is 3. The standard InChI is InChI=1S/C21H21N3O2/c1-14-6-5-8-17(12-14)24-20(25)11-10-18(22-24)21(26)23-15(2)13-16-7-3-4-9-19(16)23/h3-9,12,15H,10-11,13H2,1-2H3. The molecule has 1 atom stereocenters. The highest BCUT2D eigenvalue weighted by molar-refractivity contribution is 6.45. The van der Waals surface area contributed by atoms with E-state index in [1.165, 1.54) is 10.6 Å². The van der Waals surface area contributed by atoms with E-state index in [4.69, 9.17) is 0 Å². The molecule has 5 nitrogen and oxygen atoms in total. The lowest BCUT2D eigenvalue weighted by Gasteiger charge is -2.27. The number of nitrogens with zero attached hydrogens (tertiary/aromatic N) is 3. The van der Waals surface area contributed by atoms with E-state index in [2.05, 4.69) is 11.2 Å². The van der Waals surface area contributed by atoms with Crippen LogP contribution in [-0.4, -0.2) is 23.6 Å². The highest BCUT2D eigenvalue weighted by Crippen LogP contribution is 2.33. The molecule has 0 spiro atoms. The maximum Gasteiger partial charge on any atom is 0.274 e. The van der Waals surface area contributed by atoms with E-state index < -0.39 is 0 Å². The van der Waals surface area contributed by atoms with Crippen LogP contribution in [0.4, 0.5) is 11.4 Å². The molecule has 2 aromatic rings. The number of anilines is 2. The maximum atomic E-state index is 13.2. The summed E-state index contributed by atoms with van der Waals surface area (Å²) >= 11 is 0. The lowest BCUT2D eigenvalue weighted by molar-refractivity contribution is -0.118. The monoisotopic (exact) mass is 347 g/mol. The first-order valence-corrected chi connectivity index (χ1v) is 8.93. The minimum Gasteiger partial charge on any atom is -0.304 e. The van der Waals surface area contributed by atoms with Crippen LogP contribution in [0.25, 0.3) is 0 Å². The van der Waals surface area contributed by atoms with Crippen molar-refractivity contribution < 1.29 is 9.59 Å². The van der Waals surface area contributed by atoms with Crippen molar-refractivity contribution in [3.8, 4) is 0 Å². The summed E-state index contributed by atoms with van der Waals surface area (Å²) in [6, 6.07) is 15.7. The Morgan fingerprint density at radius 3 is 2.73 bits per heavy atom. The summed E-state index contributed by atoms with van der Waals surface area (Å²) in [7, 11) is 0. The van der Waals surface area contributed by atoms with Gasteiger partial charge in [-0.2, -0.15) is 5.10 Å². The van der Waals surface area contributed by atoms with Gasteiger partial charge in [0.05, 0.1) is 5.69 Å². The molecular formula is C21H21N3O2. The van der Waals surface area contributed by atoms with Crippen LogP contribution in [0.1, 0.15) is 30.9 Å². The summed E-state index contributed by atoms with van der Waals surface area (Å²) in [6.45, 7) is 4.02. The largest absolute Gasteiger partial charge is 0.304 e. The molecule has 0 fully saturated rings. The van der Waals surface area contributed by atoms with Crippen molar-refractivity contribution in [3.63, 3.8) is 0 Å². The lowest BCUT2D eigenvalue weighted by Crippen LogP contribution is -2.44. The highest BCUT2D eigenvalue weighted by atomic mass is 16.2. The Bertz CT molecular complexity index is 919. The second kappa shape index (κ2) is 6.41. The molecule has 0 aromatic heterocycles. The summed E-state index contributed by atoms with van der Waals surface area (Å²) in [6.07, 6.45) is 1.52. The molecule has 0 aliphatic carbocycles. The second-order valence-corrected chi connectivity index (χ2v) is 6.95. The van der Waals surface area contributed by atoms with E-state index in [1.54, 1.807) is 0 Å². The van der Waals surface area contributed by atoms with E-state index in [0.717, 1.165) is 17.7 Å². The van der Waals surface area contributed by atoms with E-state index in [0.29, 0.717) is 24.2 Å². The zero-order chi connectivity index (χ0) is 18.3. The minimum absolute atomic E-state index is 0.0815. The molecule has 2 aromatic carbocycles. The number of carbonyl (C=O) groups excluding carboxylic acids is 2. The average Bonchev–Trinajstić information content (AvgIpc) is 2.97. The number of aryl methyl sites for hydroxylation is 1. The second-order valence-electron chi connectivity index (χ2n) is 6.95. The van der Waals surface area contributed by atoms with Gasteiger partial charge >= 0.3 is 0 Å². The predicted octanol–water partition coefficient (Wildman–Crippen LogP) is 3.46. The van der Waals surface area contributed by atoms with Gasteiger partial charge in [-0.25, -0.2) is 5.01 Å². The van der Waals surface area contributed by atoms with Crippen LogP contribution < -0.4 is 9.91 Å². The van der Waals surface area contributed by atoms with Gasteiger partial charge in [0.1, 0.15) is 5.71 Å². The van der Waals surface area contributed by atoms with Crippen LogP contribution in [0.15, 0.2) is 53.6 Å². The van der Waals surface area contributed by atoms with Crippen molar-refractivity contribution in [2.75, 3.05) is 9.91 Å². The average molecular weight is 347 g/mol. The molecule has 0 saturated heterocycles. The van der Waals surface area contributed by atoms with Crippen molar-refractivity contribution in [1.82, 2.24) is 0 Å². The molecule has 132 valence electrons.